The summed E-state index contributed by atoms with van der Waals surface area (Å²) in [6.45, 7) is 6.33. The van der Waals surface area contributed by atoms with Crippen molar-refractivity contribution in [2.24, 2.45) is 0 Å². The molecular formula is C29H52O9. The van der Waals surface area contributed by atoms with Gasteiger partial charge in [-0.25, -0.2) is 0 Å². The molecule has 1 rings (SSSR count). The van der Waals surface area contributed by atoms with Crippen molar-refractivity contribution >= 4 is 17.9 Å². The van der Waals surface area contributed by atoms with Crippen LogP contribution in [0.4, 0.5) is 0 Å². The molecule has 0 aromatic rings. The highest BCUT2D eigenvalue weighted by molar-refractivity contribution is 5.67. The van der Waals surface area contributed by atoms with E-state index in [-0.39, 0.29) is 6.61 Å². The van der Waals surface area contributed by atoms with Gasteiger partial charge in [-0.2, -0.15) is 0 Å². The molecule has 0 amide bonds. The first-order valence-electron chi connectivity index (χ1n) is 14.6. The second-order valence-electron chi connectivity index (χ2n) is 10.2. The van der Waals surface area contributed by atoms with Crippen molar-refractivity contribution in [3.8, 4) is 0 Å². The summed E-state index contributed by atoms with van der Waals surface area (Å²) in [4.78, 5) is 34.9. The van der Waals surface area contributed by atoms with Crippen LogP contribution in [0.2, 0.25) is 0 Å². The molecule has 0 spiro atoms. The van der Waals surface area contributed by atoms with Crippen LogP contribution >= 0.6 is 0 Å². The van der Waals surface area contributed by atoms with E-state index in [1.54, 1.807) is 0 Å². The van der Waals surface area contributed by atoms with Gasteiger partial charge in [0.05, 0.1) is 0 Å². The lowest BCUT2D eigenvalue weighted by molar-refractivity contribution is -0.309. The maximum absolute atomic E-state index is 11.8. The number of methoxy groups -OCH3 is 1. The van der Waals surface area contributed by atoms with Gasteiger partial charge in [-0.3, -0.25) is 14.4 Å². The summed E-state index contributed by atoms with van der Waals surface area (Å²) in [7, 11) is 1.43. The number of rotatable bonds is 21. The minimum atomic E-state index is -0.946. The molecule has 0 aromatic carbocycles. The maximum Gasteiger partial charge on any atom is 0.303 e. The minimum Gasteiger partial charge on any atom is -0.463 e. The highest BCUT2D eigenvalue weighted by Gasteiger charge is 2.51. The van der Waals surface area contributed by atoms with Crippen LogP contribution in [0, 0.1) is 0 Å². The van der Waals surface area contributed by atoms with Gasteiger partial charge in [-0.15, -0.1) is 0 Å². The molecule has 1 heterocycles. The summed E-state index contributed by atoms with van der Waals surface area (Å²) < 4.78 is 33.5. The lowest BCUT2D eigenvalue weighted by atomic mass is 9.98. The number of esters is 3. The number of hydrogen-bond acceptors (Lipinski definition) is 9. The van der Waals surface area contributed by atoms with Gasteiger partial charge in [-0.1, -0.05) is 90.4 Å². The fourth-order valence-electron chi connectivity index (χ4n) is 4.76. The molecule has 38 heavy (non-hydrogen) atoms. The number of carbonyl (C=O) groups excluding carboxylic acids is 3. The Balaban J connectivity index is 2.42. The normalized spacial score (nSPS) is 23.1. The zero-order chi connectivity index (χ0) is 28.2. The highest BCUT2D eigenvalue weighted by atomic mass is 16.7. The predicted octanol–water partition coefficient (Wildman–Crippen LogP) is 5.65. The van der Waals surface area contributed by atoms with Gasteiger partial charge in [0.1, 0.15) is 18.8 Å². The lowest BCUT2D eigenvalue weighted by Crippen LogP contribution is -2.62. The molecule has 0 radical (unpaired) electrons. The van der Waals surface area contributed by atoms with Crippen molar-refractivity contribution in [3.63, 3.8) is 0 Å². The van der Waals surface area contributed by atoms with Crippen LogP contribution in [-0.2, 0) is 42.8 Å². The maximum atomic E-state index is 11.8. The van der Waals surface area contributed by atoms with E-state index < -0.39 is 48.6 Å². The zero-order valence-corrected chi connectivity index (χ0v) is 24.4. The van der Waals surface area contributed by atoms with Crippen LogP contribution in [0.3, 0.4) is 0 Å². The molecule has 1 saturated heterocycles. The van der Waals surface area contributed by atoms with Crippen molar-refractivity contribution in [2.45, 2.75) is 148 Å². The van der Waals surface area contributed by atoms with Crippen molar-refractivity contribution in [1.29, 1.82) is 0 Å². The highest BCUT2D eigenvalue weighted by Crippen LogP contribution is 2.29. The van der Waals surface area contributed by atoms with E-state index in [0.717, 1.165) is 19.3 Å². The summed E-state index contributed by atoms with van der Waals surface area (Å²) in [5.41, 5.74) is 0. The molecule has 0 unspecified atom stereocenters. The van der Waals surface area contributed by atoms with Crippen LogP contribution in [0.1, 0.15) is 118 Å². The smallest absolute Gasteiger partial charge is 0.303 e. The van der Waals surface area contributed by atoms with E-state index in [4.69, 9.17) is 28.4 Å². The van der Waals surface area contributed by atoms with E-state index in [0.29, 0.717) is 6.61 Å². The average Bonchev–Trinajstić information content (AvgIpc) is 2.86. The van der Waals surface area contributed by atoms with Gasteiger partial charge in [0.25, 0.3) is 0 Å². The third-order valence-corrected chi connectivity index (χ3v) is 6.70. The summed E-state index contributed by atoms with van der Waals surface area (Å²) >= 11 is 0. The lowest BCUT2D eigenvalue weighted by Gasteiger charge is -2.44. The molecule has 9 heteroatoms. The third kappa shape index (κ3) is 15.0. The molecule has 1 aliphatic rings. The first kappa shape index (κ1) is 34.3. The monoisotopic (exact) mass is 544 g/mol. The summed E-state index contributed by atoms with van der Waals surface area (Å²) in [6, 6.07) is 0. The quantitative estimate of drug-likeness (QED) is 0.103. The van der Waals surface area contributed by atoms with Gasteiger partial charge < -0.3 is 28.4 Å². The van der Waals surface area contributed by atoms with Crippen LogP contribution in [-0.4, -0.2) is 68.9 Å². The molecular weight excluding hydrogens is 492 g/mol. The molecule has 0 bridgehead atoms. The Morgan fingerprint density at radius 2 is 1.11 bits per heavy atom. The van der Waals surface area contributed by atoms with Crippen LogP contribution in [0.5, 0.6) is 0 Å². The summed E-state index contributed by atoms with van der Waals surface area (Å²) in [5.74, 6) is -1.59. The molecule has 1 aliphatic heterocycles. The third-order valence-electron chi connectivity index (χ3n) is 6.70. The van der Waals surface area contributed by atoms with Crippen molar-refractivity contribution < 1.29 is 42.8 Å². The fraction of sp³-hybridized carbons (Fsp3) is 0.897. The van der Waals surface area contributed by atoms with E-state index in [1.807, 2.05) is 0 Å². The predicted molar refractivity (Wildman–Crippen MR) is 143 cm³/mol. The standard InChI is InChI=1S/C29H52O9/c1-6-7-8-9-10-11-12-13-14-15-16-17-18-19-20-34-29-28(37-24(4)32)27(33-5)26(36-23(3)31)25(38-29)21-35-22(2)30/h25-29H,6-21H2,1-5H3/t25-,26-,27+,28-,29-/m1/s1. The Labute approximate surface area is 229 Å². The average molecular weight is 545 g/mol. The number of unbranched alkanes of at least 4 members (excludes halogenated alkanes) is 13. The number of ether oxygens (including phenoxy) is 6. The molecule has 0 saturated carbocycles. The molecule has 5 atom stereocenters. The Hall–Kier alpha value is -1.71. The molecule has 0 N–H and O–H groups in total. The Morgan fingerprint density at radius 3 is 1.55 bits per heavy atom. The first-order chi connectivity index (χ1) is 18.3. The van der Waals surface area contributed by atoms with Gasteiger partial charge >= 0.3 is 17.9 Å². The topological polar surface area (TPSA) is 107 Å². The van der Waals surface area contributed by atoms with Crippen molar-refractivity contribution in [2.75, 3.05) is 20.3 Å². The van der Waals surface area contributed by atoms with Gasteiger partial charge in [0.15, 0.2) is 18.5 Å². The summed E-state index contributed by atoms with van der Waals surface area (Å²) in [5, 5.41) is 0. The molecule has 9 nitrogen and oxygen atoms in total. The molecule has 1 fully saturated rings. The SMILES string of the molecule is CCCCCCCCCCCCCCCCO[C@@H]1O[C@H](COC(C)=O)[C@@H](OC(C)=O)[C@H](OC)[C@H]1OC(C)=O. The van der Waals surface area contributed by atoms with E-state index in [1.165, 1.54) is 98.5 Å². The Kier molecular flexibility index (Phi) is 19.1. The van der Waals surface area contributed by atoms with Crippen molar-refractivity contribution in [1.82, 2.24) is 0 Å². The van der Waals surface area contributed by atoms with E-state index in [2.05, 4.69) is 6.92 Å². The minimum absolute atomic E-state index is 0.154. The molecule has 0 aromatic heterocycles. The number of hydrogen-bond donors (Lipinski definition) is 0. The Morgan fingerprint density at radius 1 is 0.632 bits per heavy atom. The fourth-order valence-corrected chi connectivity index (χ4v) is 4.76. The van der Waals surface area contributed by atoms with E-state index in [9.17, 15) is 14.4 Å². The van der Waals surface area contributed by atoms with Gasteiger partial charge in [0.2, 0.25) is 0 Å². The second-order valence-corrected chi connectivity index (χ2v) is 10.2. The second kappa shape index (κ2) is 21.2. The summed E-state index contributed by atoms with van der Waals surface area (Å²) in [6.07, 6.45) is 13.1. The molecule has 222 valence electrons. The zero-order valence-electron chi connectivity index (χ0n) is 24.4. The largest absolute Gasteiger partial charge is 0.463 e. The van der Waals surface area contributed by atoms with Crippen LogP contribution in [0.15, 0.2) is 0 Å². The van der Waals surface area contributed by atoms with E-state index >= 15 is 0 Å². The van der Waals surface area contributed by atoms with Gasteiger partial charge in [0, 0.05) is 34.5 Å². The van der Waals surface area contributed by atoms with Crippen molar-refractivity contribution in [3.05, 3.63) is 0 Å². The Bertz CT molecular complexity index is 654. The number of carbonyl (C=O) groups is 3. The molecule has 0 aliphatic carbocycles. The van der Waals surface area contributed by atoms with Crippen LogP contribution in [0.25, 0.3) is 0 Å². The van der Waals surface area contributed by atoms with Crippen LogP contribution < -0.4 is 0 Å². The first-order valence-corrected chi connectivity index (χ1v) is 14.6. The van der Waals surface area contributed by atoms with Gasteiger partial charge in [-0.05, 0) is 6.42 Å².